The van der Waals surface area contributed by atoms with Gasteiger partial charge in [0, 0.05) is 27.8 Å². The molecule has 0 fully saturated rings. The van der Waals surface area contributed by atoms with Crippen molar-refractivity contribution in [2.45, 2.75) is 5.92 Å². The molecule has 0 atom stereocenters. The zero-order chi connectivity index (χ0) is 22.5. The third kappa shape index (κ3) is 2.90. The number of carbonyl (C=O) groups excluding carboxylic acids is 3. The second kappa shape index (κ2) is 7.28. The van der Waals surface area contributed by atoms with Crippen molar-refractivity contribution in [3.63, 3.8) is 0 Å². The molecule has 1 N–H and O–H groups in total. The highest BCUT2D eigenvalue weighted by Gasteiger charge is 2.35. The number of carbonyl (C=O) groups is 3. The van der Waals surface area contributed by atoms with Gasteiger partial charge in [0.05, 0.1) is 17.2 Å². The summed E-state index contributed by atoms with van der Waals surface area (Å²) in [6, 6.07) is 26.5. The molecule has 0 saturated heterocycles. The third-order valence-electron chi connectivity index (χ3n) is 6.15. The minimum atomic E-state index is -0.622. The Kier molecular flexibility index (Phi) is 4.23. The van der Waals surface area contributed by atoms with Crippen LogP contribution in [0.25, 0.3) is 0 Å². The van der Waals surface area contributed by atoms with Crippen LogP contribution < -0.4 is 10.1 Å². The molecule has 1 amide bonds. The van der Waals surface area contributed by atoms with Crippen LogP contribution in [-0.4, -0.2) is 17.5 Å². The predicted molar refractivity (Wildman–Crippen MR) is 123 cm³/mol. The molecule has 4 aromatic rings. The first-order chi connectivity index (χ1) is 16.1. The fraction of sp³-hybridized carbons (Fsp3) is 0.0357. The van der Waals surface area contributed by atoms with Crippen LogP contribution in [0.2, 0.25) is 0 Å². The van der Waals surface area contributed by atoms with Crippen molar-refractivity contribution in [2.24, 2.45) is 0 Å². The van der Waals surface area contributed by atoms with E-state index in [9.17, 15) is 14.4 Å². The lowest BCUT2D eigenvalue weighted by atomic mass is 9.83. The minimum Gasteiger partial charge on any atom is -0.457 e. The van der Waals surface area contributed by atoms with Crippen molar-refractivity contribution in [1.29, 1.82) is 0 Å². The van der Waals surface area contributed by atoms with Gasteiger partial charge in [-0.05, 0) is 18.2 Å². The number of hydrogen-bond donors (Lipinski definition) is 1. The average Bonchev–Trinajstić information content (AvgIpc) is 2.85. The van der Waals surface area contributed by atoms with E-state index >= 15 is 0 Å². The van der Waals surface area contributed by atoms with Crippen molar-refractivity contribution in [3.8, 4) is 11.5 Å². The Morgan fingerprint density at radius 2 is 1.18 bits per heavy atom. The van der Waals surface area contributed by atoms with Crippen LogP contribution in [0.15, 0.2) is 91.0 Å². The van der Waals surface area contributed by atoms with E-state index in [-0.39, 0.29) is 23.0 Å². The molecular weight excluding hydrogens is 414 g/mol. The summed E-state index contributed by atoms with van der Waals surface area (Å²) >= 11 is 0. The van der Waals surface area contributed by atoms with Crippen LogP contribution in [0, 0.1) is 0 Å². The van der Waals surface area contributed by atoms with E-state index in [0.717, 1.165) is 11.1 Å². The quantitative estimate of drug-likeness (QED) is 0.410. The van der Waals surface area contributed by atoms with Crippen molar-refractivity contribution >= 4 is 23.2 Å². The number of nitrogens with one attached hydrogen (secondary N) is 1. The molecule has 0 unspecified atom stereocenters. The normalized spacial score (nSPS) is 13.8. The zero-order valence-electron chi connectivity index (χ0n) is 17.4. The summed E-state index contributed by atoms with van der Waals surface area (Å²) in [7, 11) is 0. The molecule has 5 heteroatoms. The van der Waals surface area contributed by atoms with Crippen LogP contribution in [0.3, 0.4) is 0 Å². The van der Waals surface area contributed by atoms with Gasteiger partial charge in [0.15, 0.2) is 11.6 Å². The van der Waals surface area contributed by atoms with E-state index < -0.39 is 5.92 Å². The van der Waals surface area contributed by atoms with Crippen molar-refractivity contribution in [2.75, 3.05) is 5.32 Å². The molecule has 1 aliphatic carbocycles. The van der Waals surface area contributed by atoms with Gasteiger partial charge in [0.1, 0.15) is 11.5 Å². The number of hydrogen-bond acceptors (Lipinski definition) is 4. The monoisotopic (exact) mass is 431 g/mol. The second-order valence-electron chi connectivity index (χ2n) is 8.03. The van der Waals surface area contributed by atoms with Crippen LogP contribution >= 0.6 is 0 Å². The highest BCUT2D eigenvalue weighted by atomic mass is 16.5. The van der Waals surface area contributed by atoms with Crippen molar-refractivity contribution in [1.82, 2.24) is 0 Å². The van der Waals surface area contributed by atoms with Crippen LogP contribution in [-0.2, 0) is 4.79 Å². The number of anilines is 1. The first-order valence-electron chi connectivity index (χ1n) is 10.6. The van der Waals surface area contributed by atoms with Crippen LogP contribution in [0.5, 0.6) is 11.5 Å². The van der Waals surface area contributed by atoms with E-state index in [2.05, 4.69) is 5.32 Å². The van der Waals surface area contributed by atoms with Gasteiger partial charge in [-0.1, -0.05) is 72.8 Å². The highest BCUT2D eigenvalue weighted by Crippen LogP contribution is 2.44. The van der Waals surface area contributed by atoms with Gasteiger partial charge in [-0.25, -0.2) is 0 Å². The van der Waals surface area contributed by atoms with E-state index in [1.54, 1.807) is 42.5 Å². The summed E-state index contributed by atoms with van der Waals surface area (Å²) < 4.78 is 5.99. The van der Waals surface area contributed by atoms with E-state index in [1.807, 2.05) is 48.5 Å². The summed E-state index contributed by atoms with van der Waals surface area (Å²) in [5.74, 6) is -0.186. The Bertz CT molecular complexity index is 1440. The molecule has 0 radical (unpaired) electrons. The van der Waals surface area contributed by atoms with Gasteiger partial charge in [-0.2, -0.15) is 0 Å². The standard InChI is InChI=1S/C28H17NO4/c30-26-16-8-1-2-9-17(16)27(31)25-20(26)12-7-13-21(25)29-28(32)24-18-10-3-5-14-22(18)33-23-15-6-4-11-19(23)24/h1-15,24H,(H,29,32). The Labute approximate surface area is 189 Å². The Balaban J connectivity index is 1.44. The summed E-state index contributed by atoms with van der Waals surface area (Å²) in [5.41, 5.74) is 3.06. The van der Waals surface area contributed by atoms with Gasteiger partial charge in [-0.15, -0.1) is 0 Å². The van der Waals surface area contributed by atoms with Gasteiger partial charge < -0.3 is 10.1 Å². The fourth-order valence-corrected chi connectivity index (χ4v) is 4.65. The molecule has 0 aromatic heterocycles. The molecule has 5 nitrogen and oxygen atoms in total. The molecule has 33 heavy (non-hydrogen) atoms. The lowest BCUT2D eigenvalue weighted by molar-refractivity contribution is -0.116. The maximum Gasteiger partial charge on any atom is 0.236 e. The van der Waals surface area contributed by atoms with Crippen LogP contribution in [0.1, 0.15) is 48.9 Å². The topological polar surface area (TPSA) is 72.5 Å². The number of ketones is 2. The molecule has 158 valence electrons. The summed E-state index contributed by atoms with van der Waals surface area (Å²) in [6.07, 6.45) is 0. The molecule has 1 heterocycles. The summed E-state index contributed by atoms with van der Waals surface area (Å²) in [6.45, 7) is 0. The second-order valence-corrected chi connectivity index (χ2v) is 8.03. The summed E-state index contributed by atoms with van der Waals surface area (Å²) in [5, 5.41) is 2.94. The highest BCUT2D eigenvalue weighted by molar-refractivity contribution is 6.30. The lowest BCUT2D eigenvalue weighted by Crippen LogP contribution is -2.28. The smallest absolute Gasteiger partial charge is 0.236 e. The number of fused-ring (bicyclic) bond motifs is 4. The van der Waals surface area contributed by atoms with Gasteiger partial charge >= 0.3 is 0 Å². The first-order valence-corrected chi connectivity index (χ1v) is 10.6. The van der Waals surface area contributed by atoms with Crippen molar-refractivity contribution in [3.05, 3.63) is 124 Å². The molecule has 0 saturated carbocycles. The summed E-state index contributed by atoms with van der Waals surface area (Å²) in [4.78, 5) is 40.0. The number of ether oxygens (including phenoxy) is 1. The fourth-order valence-electron chi connectivity index (χ4n) is 4.65. The first kappa shape index (κ1) is 19.2. The SMILES string of the molecule is O=C1c2ccccc2C(=O)c2c(NC(=O)C3c4ccccc4Oc4ccccc43)cccc21. The van der Waals surface area contributed by atoms with E-state index in [4.69, 9.17) is 4.74 Å². The molecule has 2 aliphatic rings. The number of rotatable bonds is 2. The van der Waals surface area contributed by atoms with Crippen molar-refractivity contribution < 1.29 is 19.1 Å². The molecule has 0 bridgehead atoms. The molecule has 1 aliphatic heterocycles. The van der Waals surface area contributed by atoms with E-state index in [1.165, 1.54) is 0 Å². The zero-order valence-corrected chi connectivity index (χ0v) is 17.4. The molecule has 6 rings (SSSR count). The van der Waals surface area contributed by atoms with Crippen LogP contribution in [0.4, 0.5) is 5.69 Å². The Hall–Kier alpha value is -4.51. The average molecular weight is 431 g/mol. The lowest BCUT2D eigenvalue weighted by Gasteiger charge is -2.28. The number of para-hydroxylation sites is 2. The Morgan fingerprint density at radius 3 is 1.85 bits per heavy atom. The minimum absolute atomic E-state index is 0.224. The van der Waals surface area contributed by atoms with Gasteiger partial charge in [-0.3, -0.25) is 14.4 Å². The molecule has 4 aromatic carbocycles. The van der Waals surface area contributed by atoms with Gasteiger partial charge in [0.25, 0.3) is 0 Å². The predicted octanol–water partition coefficient (Wildman–Crippen LogP) is 5.34. The number of amides is 1. The van der Waals surface area contributed by atoms with Gasteiger partial charge in [0.2, 0.25) is 5.91 Å². The maximum atomic E-state index is 13.6. The number of benzene rings is 4. The molecular formula is C28H17NO4. The maximum absolute atomic E-state index is 13.6. The largest absolute Gasteiger partial charge is 0.457 e. The third-order valence-corrected chi connectivity index (χ3v) is 6.15. The van der Waals surface area contributed by atoms with E-state index in [0.29, 0.717) is 33.9 Å². The Morgan fingerprint density at radius 1 is 0.636 bits per heavy atom. The molecule has 0 spiro atoms.